The molecule has 1 amide bonds. The highest BCUT2D eigenvalue weighted by molar-refractivity contribution is 6.30. The number of nitrogens with zero attached hydrogens (tertiary/aromatic N) is 1. The molecule has 4 nitrogen and oxygen atoms in total. The fourth-order valence-corrected chi connectivity index (χ4v) is 2.45. The highest BCUT2D eigenvalue weighted by Gasteiger charge is 2.23. The second-order valence-corrected chi connectivity index (χ2v) is 5.40. The van der Waals surface area contributed by atoms with Gasteiger partial charge < -0.3 is 14.5 Å². The van der Waals surface area contributed by atoms with Crippen LogP contribution < -0.4 is 9.64 Å². The van der Waals surface area contributed by atoms with E-state index < -0.39 is 5.82 Å². The van der Waals surface area contributed by atoms with E-state index in [2.05, 4.69) is 6.58 Å². The molecule has 1 N–H and O–H groups in total. The second kappa shape index (κ2) is 7.43. The molecule has 1 aromatic rings. The molecule has 1 aromatic carbocycles. The minimum absolute atomic E-state index is 0.0124. The van der Waals surface area contributed by atoms with Crippen LogP contribution >= 0.6 is 11.6 Å². The maximum atomic E-state index is 13.0. The zero-order valence-electron chi connectivity index (χ0n) is 11.8. The van der Waals surface area contributed by atoms with Gasteiger partial charge in [-0.05, 0) is 18.2 Å². The molecule has 21 heavy (non-hydrogen) atoms. The smallest absolute Gasteiger partial charge is 0.260 e. The maximum Gasteiger partial charge on any atom is 0.260 e. The zero-order valence-corrected chi connectivity index (χ0v) is 12.5. The number of hydrogen-bond acceptors (Lipinski definition) is 2. The molecule has 1 fully saturated rings. The van der Waals surface area contributed by atoms with Gasteiger partial charge in [0.1, 0.15) is 11.6 Å². The molecule has 1 aliphatic heterocycles. The molecule has 114 valence electrons. The normalized spacial score (nSPS) is 15.8. The number of quaternary nitrogens is 1. The number of piperazine rings is 1. The number of nitrogens with one attached hydrogen (secondary N) is 1. The predicted molar refractivity (Wildman–Crippen MR) is 79.2 cm³/mol. The van der Waals surface area contributed by atoms with E-state index in [4.69, 9.17) is 16.3 Å². The number of hydrogen-bond donors (Lipinski definition) is 1. The number of rotatable bonds is 5. The minimum Gasteiger partial charge on any atom is -0.484 e. The van der Waals surface area contributed by atoms with Gasteiger partial charge in [-0.1, -0.05) is 18.2 Å². The molecular formula is C15H19ClFN2O2+. The van der Waals surface area contributed by atoms with Crippen LogP contribution in [-0.4, -0.2) is 50.1 Å². The summed E-state index contributed by atoms with van der Waals surface area (Å²) in [4.78, 5) is 15.3. The van der Waals surface area contributed by atoms with Crippen molar-refractivity contribution in [3.63, 3.8) is 0 Å². The van der Waals surface area contributed by atoms with E-state index in [1.54, 1.807) is 4.90 Å². The fourth-order valence-electron chi connectivity index (χ4n) is 2.28. The van der Waals surface area contributed by atoms with Crippen molar-refractivity contribution in [2.45, 2.75) is 0 Å². The van der Waals surface area contributed by atoms with Crippen molar-refractivity contribution in [3.05, 3.63) is 41.7 Å². The van der Waals surface area contributed by atoms with Crippen LogP contribution in [0.25, 0.3) is 0 Å². The topological polar surface area (TPSA) is 34.0 Å². The molecule has 0 saturated carbocycles. The lowest BCUT2D eigenvalue weighted by atomic mass is 10.3. The first kappa shape index (κ1) is 15.8. The van der Waals surface area contributed by atoms with Crippen molar-refractivity contribution in [3.8, 4) is 5.75 Å². The zero-order chi connectivity index (χ0) is 15.2. The SMILES string of the molecule is C=CC[NH+]1CCN(C(=O)COc2ccc(F)c(Cl)c2)CC1. The van der Waals surface area contributed by atoms with E-state index >= 15 is 0 Å². The Morgan fingerprint density at radius 2 is 2.19 bits per heavy atom. The Kier molecular flexibility index (Phi) is 5.59. The lowest BCUT2D eigenvalue weighted by molar-refractivity contribution is -0.898. The van der Waals surface area contributed by atoms with E-state index in [1.165, 1.54) is 23.1 Å². The summed E-state index contributed by atoms with van der Waals surface area (Å²) in [6.45, 7) is 7.86. The third kappa shape index (κ3) is 4.44. The Balaban J connectivity index is 1.79. The number of benzene rings is 1. The maximum absolute atomic E-state index is 13.0. The molecule has 0 unspecified atom stereocenters. The van der Waals surface area contributed by atoms with E-state index in [0.717, 1.165) is 32.7 Å². The van der Waals surface area contributed by atoms with Gasteiger partial charge in [-0.15, -0.1) is 0 Å². The largest absolute Gasteiger partial charge is 0.484 e. The quantitative estimate of drug-likeness (QED) is 0.815. The third-order valence-corrected chi connectivity index (χ3v) is 3.80. The van der Waals surface area contributed by atoms with Crippen molar-refractivity contribution in [1.82, 2.24) is 4.90 Å². The van der Waals surface area contributed by atoms with E-state index in [9.17, 15) is 9.18 Å². The van der Waals surface area contributed by atoms with E-state index in [0.29, 0.717) is 5.75 Å². The molecule has 1 heterocycles. The van der Waals surface area contributed by atoms with Crippen LogP contribution in [0.2, 0.25) is 5.02 Å². The van der Waals surface area contributed by atoms with Gasteiger partial charge in [0, 0.05) is 6.07 Å². The van der Waals surface area contributed by atoms with Crippen molar-refractivity contribution in [2.75, 3.05) is 39.3 Å². The average Bonchev–Trinajstić information content (AvgIpc) is 2.49. The van der Waals surface area contributed by atoms with Crippen molar-refractivity contribution >= 4 is 17.5 Å². The van der Waals surface area contributed by atoms with Crippen LogP contribution in [0, 0.1) is 5.82 Å². The third-order valence-electron chi connectivity index (χ3n) is 3.51. The fraction of sp³-hybridized carbons (Fsp3) is 0.400. The van der Waals surface area contributed by atoms with Gasteiger partial charge >= 0.3 is 0 Å². The molecule has 0 aliphatic carbocycles. The molecule has 0 atom stereocenters. The minimum atomic E-state index is -0.503. The average molecular weight is 314 g/mol. The summed E-state index contributed by atoms with van der Waals surface area (Å²) < 4.78 is 18.4. The molecule has 1 aliphatic rings. The number of carbonyl (C=O) groups is 1. The Morgan fingerprint density at radius 1 is 1.48 bits per heavy atom. The van der Waals surface area contributed by atoms with Gasteiger partial charge in [0.25, 0.3) is 5.91 Å². The Labute approximate surface area is 128 Å². The molecule has 2 rings (SSSR count). The van der Waals surface area contributed by atoms with Crippen LogP contribution in [0.3, 0.4) is 0 Å². The van der Waals surface area contributed by atoms with Gasteiger partial charge in [0.2, 0.25) is 0 Å². The summed E-state index contributed by atoms with van der Waals surface area (Å²) >= 11 is 5.66. The van der Waals surface area contributed by atoms with Crippen LogP contribution in [-0.2, 0) is 4.79 Å². The molecule has 0 aromatic heterocycles. The highest BCUT2D eigenvalue weighted by Crippen LogP contribution is 2.21. The highest BCUT2D eigenvalue weighted by atomic mass is 35.5. The monoisotopic (exact) mass is 313 g/mol. The molecule has 0 spiro atoms. The molecule has 0 radical (unpaired) electrons. The Morgan fingerprint density at radius 3 is 2.81 bits per heavy atom. The summed E-state index contributed by atoms with van der Waals surface area (Å²) in [6, 6.07) is 4.05. The Hall–Kier alpha value is -1.59. The molecule has 0 bridgehead atoms. The summed E-state index contributed by atoms with van der Waals surface area (Å²) in [5.41, 5.74) is 0. The van der Waals surface area contributed by atoms with Gasteiger partial charge in [0.05, 0.1) is 37.7 Å². The van der Waals surface area contributed by atoms with Crippen LogP contribution in [0.15, 0.2) is 30.9 Å². The first-order valence-electron chi connectivity index (χ1n) is 6.90. The standard InChI is InChI=1S/C15H18ClFN2O2/c1-2-5-18-6-8-19(9-7-18)15(20)11-21-12-3-4-14(17)13(16)10-12/h2-4,10H,1,5-9,11H2/p+1. The summed E-state index contributed by atoms with van der Waals surface area (Å²) in [7, 11) is 0. The van der Waals surface area contributed by atoms with Gasteiger partial charge in [-0.2, -0.15) is 0 Å². The van der Waals surface area contributed by atoms with Crippen molar-refractivity contribution in [1.29, 1.82) is 0 Å². The number of ether oxygens (including phenoxy) is 1. The van der Waals surface area contributed by atoms with Crippen LogP contribution in [0.5, 0.6) is 5.75 Å². The lowest BCUT2D eigenvalue weighted by Gasteiger charge is -2.31. The van der Waals surface area contributed by atoms with Gasteiger partial charge in [-0.25, -0.2) is 4.39 Å². The van der Waals surface area contributed by atoms with Gasteiger partial charge in [-0.3, -0.25) is 4.79 Å². The lowest BCUT2D eigenvalue weighted by Crippen LogP contribution is -3.14. The number of amides is 1. The summed E-state index contributed by atoms with van der Waals surface area (Å²) in [5.74, 6) is -0.171. The number of halogens is 2. The Bertz CT molecular complexity index is 516. The number of carbonyl (C=O) groups excluding carboxylic acids is 1. The van der Waals surface area contributed by atoms with Crippen LogP contribution in [0.4, 0.5) is 4.39 Å². The van der Waals surface area contributed by atoms with Crippen molar-refractivity contribution in [2.24, 2.45) is 0 Å². The van der Waals surface area contributed by atoms with Gasteiger partial charge in [0.15, 0.2) is 6.61 Å². The summed E-state index contributed by atoms with van der Waals surface area (Å²) in [5, 5.41) is -0.0124. The molecule has 1 saturated heterocycles. The molecule has 6 heteroatoms. The van der Waals surface area contributed by atoms with E-state index in [1.807, 2.05) is 6.08 Å². The predicted octanol–water partition coefficient (Wildman–Crippen LogP) is 0.771. The summed E-state index contributed by atoms with van der Waals surface area (Å²) in [6.07, 6.45) is 1.90. The first-order chi connectivity index (χ1) is 10.1. The second-order valence-electron chi connectivity index (χ2n) is 4.99. The van der Waals surface area contributed by atoms with E-state index in [-0.39, 0.29) is 17.5 Å². The van der Waals surface area contributed by atoms with Crippen molar-refractivity contribution < 1.29 is 18.8 Å². The first-order valence-corrected chi connectivity index (χ1v) is 7.28. The van der Waals surface area contributed by atoms with Crippen LogP contribution in [0.1, 0.15) is 0 Å². The molecular weight excluding hydrogens is 295 g/mol.